The van der Waals surface area contributed by atoms with E-state index < -0.39 is 5.91 Å². The normalized spacial score (nSPS) is 10.6. The molecule has 2 amide bonds. The van der Waals surface area contributed by atoms with Crippen LogP contribution in [0.1, 0.15) is 30.6 Å². The molecule has 0 unspecified atom stereocenters. The van der Waals surface area contributed by atoms with Gasteiger partial charge in [0, 0.05) is 12.6 Å². The van der Waals surface area contributed by atoms with Crippen molar-refractivity contribution >= 4 is 40.7 Å². The lowest BCUT2D eigenvalue weighted by Gasteiger charge is -2.19. The summed E-state index contributed by atoms with van der Waals surface area (Å²) in [4.78, 5) is 26.4. The van der Waals surface area contributed by atoms with E-state index in [1.54, 1.807) is 36.4 Å². The Hall–Kier alpha value is -2.44. The molecule has 0 radical (unpaired) electrons. The van der Waals surface area contributed by atoms with Gasteiger partial charge in [-0.1, -0.05) is 43.1 Å². The Morgan fingerprint density at radius 1 is 1.10 bits per heavy atom. The number of nitrogens with zero attached hydrogens (tertiary/aromatic N) is 1. The first kappa shape index (κ1) is 23.8. The zero-order chi connectivity index (χ0) is 22.3. The summed E-state index contributed by atoms with van der Waals surface area (Å²) in [6.45, 7) is 4.63. The standard InChI is InChI=1S/C22H26Cl2N2O4/c1-14(2)10-11-30-18-9-8-15(12-19(18)29-4)22(28)26(3)13-20(27)25-21-16(23)6-5-7-17(21)24/h5-9,12,14H,10-11,13H2,1-4H3,(H,25,27). The number of para-hydroxylation sites is 1. The minimum Gasteiger partial charge on any atom is -0.493 e. The quantitative estimate of drug-likeness (QED) is 0.571. The first-order chi connectivity index (χ1) is 14.2. The van der Waals surface area contributed by atoms with Crippen molar-refractivity contribution in [2.24, 2.45) is 5.92 Å². The lowest BCUT2D eigenvalue weighted by atomic mass is 10.1. The van der Waals surface area contributed by atoms with Gasteiger partial charge < -0.3 is 19.7 Å². The summed E-state index contributed by atoms with van der Waals surface area (Å²) in [6.07, 6.45) is 0.914. The number of ether oxygens (including phenoxy) is 2. The van der Waals surface area contributed by atoms with Crippen molar-refractivity contribution in [2.75, 3.05) is 32.6 Å². The van der Waals surface area contributed by atoms with E-state index >= 15 is 0 Å². The van der Waals surface area contributed by atoms with Crippen molar-refractivity contribution in [3.05, 3.63) is 52.0 Å². The van der Waals surface area contributed by atoms with Crippen LogP contribution >= 0.6 is 23.2 Å². The lowest BCUT2D eigenvalue weighted by molar-refractivity contribution is -0.116. The molecule has 6 nitrogen and oxygen atoms in total. The summed E-state index contributed by atoms with van der Waals surface area (Å²) < 4.78 is 11.1. The minimum atomic E-state index is -0.415. The van der Waals surface area contributed by atoms with E-state index in [0.29, 0.717) is 45.3 Å². The number of halogens is 2. The number of methoxy groups -OCH3 is 1. The molecule has 0 aromatic heterocycles. The van der Waals surface area contributed by atoms with Gasteiger partial charge in [0.2, 0.25) is 5.91 Å². The fourth-order valence-corrected chi connectivity index (χ4v) is 3.12. The zero-order valence-electron chi connectivity index (χ0n) is 17.5. The summed E-state index contributed by atoms with van der Waals surface area (Å²) in [7, 11) is 3.05. The topological polar surface area (TPSA) is 67.9 Å². The molecule has 0 bridgehead atoms. The van der Waals surface area contributed by atoms with Crippen LogP contribution in [0.4, 0.5) is 5.69 Å². The van der Waals surface area contributed by atoms with Crippen LogP contribution in [-0.4, -0.2) is 44.0 Å². The number of likely N-dealkylation sites (N-methyl/N-ethyl adjacent to an activating group) is 1. The number of anilines is 1. The molecule has 0 saturated carbocycles. The third-order valence-electron chi connectivity index (χ3n) is 4.32. The lowest BCUT2D eigenvalue weighted by Crippen LogP contribution is -2.35. The van der Waals surface area contributed by atoms with Gasteiger partial charge in [0.1, 0.15) is 0 Å². The van der Waals surface area contributed by atoms with Crippen molar-refractivity contribution < 1.29 is 19.1 Å². The molecule has 2 aromatic carbocycles. The largest absolute Gasteiger partial charge is 0.493 e. The van der Waals surface area contributed by atoms with Crippen LogP contribution < -0.4 is 14.8 Å². The van der Waals surface area contributed by atoms with Gasteiger partial charge in [-0.05, 0) is 42.7 Å². The van der Waals surface area contributed by atoms with Crippen molar-refractivity contribution in [2.45, 2.75) is 20.3 Å². The Balaban J connectivity index is 2.03. The molecule has 0 aliphatic heterocycles. The van der Waals surface area contributed by atoms with Crippen LogP contribution in [0.25, 0.3) is 0 Å². The second-order valence-corrected chi connectivity index (χ2v) is 8.02. The Morgan fingerprint density at radius 3 is 2.37 bits per heavy atom. The monoisotopic (exact) mass is 452 g/mol. The molecule has 0 saturated heterocycles. The highest BCUT2D eigenvalue weighted by Gasteiger charge is 2.18. The highest BCUT2D eigenvalue weighted by atomic mass is 35.5. The second-order valence-electron chi connectivity index (χ2n) is 7.20. The van der Waals surface area contributed by atoms with Crippen LogP contribution in [0.5, 0.6) is 11.5 Å². The van der Waals surface area contributed by atoms with E-state index in [4.69, 9.17) is 32.7 Å². The summed E-state index contributed by atoms with van der Waals surface area (Å²) in [5.74, 6) is 0.815. The molecule has 0 aliphatic carbocycles. The van der Waals surface area contributed by atoms with E-state index in [2.05, 4.69) is 19.2 Å². The summed E-state index contributed by atoms with van der Waals surface area (Å²) in [5.41, 5.74) is 0.699. The summed E-state index contributed by atoms with van der Waals surface area (Å²) in [6, 6.07) is 9.87. The maximum absolute atomic E-state index is 12.7. The van der Waals surface area contributed by atoms with E-state index in [1.807, 2.05) is 0 Å². The number of carbonyl (C=O) groups excluding carboxylic acids is 2. The van der Waals surface area contributed by atoms with Gasteiger partial charge in [-0.3, -0.25) is 9.59 Å². The molecule has 8 heteroatoms. The van der Waals surface area contributed by atoms with Crippen molar-refractivity contribution in [1.82, 2.24) is 4.90 Å². The molecule has 0 aliphatic rings. The molecular formula is C22H26Cl2N2O4. The first-order valence-corrected chi connectivity index (χ1v) is 10.3. The second kappa shape index (κ2) is 11.1. The predicted molar refractivity (Wildman–Crippen MR) is 120 cm³/mol. The molecule has 162 valence electrons. The number of hydrogen-bond donors (Lipinski definition) is 1. The maximum atomic E-state index is 12.7. The van der Waals surface area contributed by atoms with E-state index in [0.717, 1.165) is 6.42 Å². The van der Waals surface area contributed by atoms with Crippen molar-refractivity contribution in [3.63, 3.8) is 0 Å². The molecule has 0 atom stereocenters. The maximum Gasteiger partial charge on any atom is 0.254 e. The molecule has 30 heavy (non-hydrogen) atoms. The third-order valence-corrected chi connectivity index (χ3v) is 4.95. The first-order valence-electron chi connectivity index (χ1n) is 9.53. The SMILES string of the molecule is COc1cc(C(=O)N(C)CC(=O)Nc2c(Cl)cccc2Cl)ccc1OCCC(C)C. The average molecular weight is 453 g/mol. The molecule has 0 spiro atoms. The van der Waals surface area contributed by atoms with Gasteiger partial charge in [0.05, 0.1) is 36.0 Å². The molecular weight excluding hydrogens is 427 g/mol. The number of benzene rings is 2. The molecule has 0 heterocycles. The van der Waals surface area contributed by atoms with Gasteiger partial charge in [0.25, 0.3) is 5.91 Å². The highest BCUT2D eigenvalue weighted by Crippen LogP contribution is 2.30. The fourth-order valence-electron chi connectivity index (χ4n) is 2.63. The van der Waals surface area contributed by atoms with Crippen LogP contribution in [-0.2, 0) is 4.79 Å². The van der Waals surface area contributed by atoms with Gasteiger partial charge in [0.15, 0.2) is 11.5 Å². The average Bonchev–Trinajstić information content (AvgIpc) is 2.70. The van der Waals surface area contributed by atoms with Gasteiger partial charge in [-0.15, -0.1) is 0 Å². The van der Waals surface area contributed by atoms with E-state index in [1.165, 1.54) is 19.1 Å². The number of carbonyl (C=O) groups is 2. The molecule has 0 fully saturated rings. The predicted octanol–water partition coefficient (Wildman–Crippen LogP) is 5.14. The van der Waals surface area contributed by atoms with Gasteiger partial charge >= 0.3 is 0 Å². The van der Waals surface area contributed by atoms with Crippen molar-refractivity contribution in [3.8, 4) is 11.5 Å². The molecule has 2 rings (SSSR count). The van der Waals surface area contributed by atoms with Crippen LogP contribution in [0.3, 0.4) is 0 Å². The van der Waals surface area contributed by atoms with E-state index in [-0.39, 0.29) is 12.5 Å². The smallest absolute Gasteiger partial charge is 0.254 e. The zero-order valence-corrected chi connectivity index (χ0v) is 19.0. The number of rotatable bonds is 9. The summed E-state index contributed by atoms with van der Waals surface area (Å²) >= 11 is 12.1. The molecule has 1 N–H and O–H groups in total. The minimum absolute atomic E-state index is 0.171. The number of hydrogen-bond acceptors (Lipinski definition) is 4. The highest BCUT2D eigenvalue weighted by molar-refractivity contribution is 6.39. The van der Waals surface area contributed by atoms with Crippen LogP contribution in [0.15, 0.2) is 36.4 Å². The van der Waals surface area contributed by atoms with Crippen LogP contribution in [0.2, 0.25) is 10.0 Å². The summed E-state index contributed by atoms with van der Waals surface area (Å²) in [5, 5.41) is 3.28. The Morgan fingerprint density at radius 2 is 1.77 bits per heavy atom. The fraction of sp³-hybridized carbons (Fsp3) is 0.364. The number of nitrogens with one attached hydrogen (secondary N) is 1. The third kappa shape index (κ3) is 6.54. The Bertz CT molecular complexity index is 882. The van der Waals surface area contributed by atoms with Gasteiger partial charge in [-0.25, -0.2) is 0 Å². The number of amides is 2. The van der Waals surface area contributed by atoms with Crippen LogP contribution in [0, 0.1) is 5.92 Å². The Kier molecular flexibility index (Phi) is 8.81. The van der Waals surface area contributed by atoms with Crippen molar-refractivity contribution in [1.29, 1.82) is 0 Å². The van der Waals surface area contributed by atoms with E-state index in [9.17, 15) is 9.59 Å². The van der Waals surface area contributed by atoms with Gasteiger partial charge in [-0.2, -0.15) is 0 Å². The molecule has 2 aromatic rings. The Labute approximate surface area is 187 Å².